The van der Waals surface area contributed by atoms with Crippen LogP contribution < -0.4 is 10.1 Å². The predicted molar refractivity (Wildman–Crippen MR) is 104 cm³/mol. The molecule has 0 spiro atoms. The number of amides is 1. The van der Waals surface area contributed by atoms with Crippen LogP contribution in [-0.2, 0) is 4.79 Å². The van der Waals surface area contributed by atoms with Crippen LogP contribution >= 0.6 is 0 Å². The Morgan fingerprint density at radius 3 is 2.48 bits per heavy atom. The zero-order chi connectivity index (χ0) is 19.8. The Kier molecular flexibility index (Phi) is 7.80. The van der Waals surface area contributed by atoms with Gasteiger partial charge in [-0.2, -0.15) is 0 Å². The smallest absolute Gasteiger partial charge is 0.227 e. The van der Waals surface area contributed by atoms with E-state index in [2.05, 4.69) is 19.2 Å². The van der Waals surface area contributed by atoms with Gasteiger partial charge >= 0.3 is 0 Å². The van der Waals surface area contributed by atoms with Gasteiger partial charge in [0.15, 0.2) is 0 Å². The minimum atomic E-state index is -0.813. The minimum Gasteiger partial charge on any atom is -0.493 e. The lowest BCUT2D eigenvalue weighted by atomic mass is 9.99. The van der Waals surface area contributed by atoms with Crippen molar-refractivity contribution in [1.29, 1.82) is 0 Å². The zero-order valence-corrected chi connectivity index (χ0v) is 16.1. The average molecular weight is 373 g/mol. The molecule has 0 bridgehead atoms. The molecule has 0 aliphatic rings. The highest BCUT2D eigenvalue weighted by atomic mass is 19.1. The maximum Gasteiger partial charge on any atom is 0.227 e. The van der Waals surface area contributed by atoms with Crippen molar-refractivity contribution in [2.45, 2.75) is 39.2 Å². The number of benzene rings is 2. The number of rotatable bonds is 9. The summed E-state index contributed by atoms with van der Waals surface area (Å²) in [6, 6.07) is 13.0. The molecule has 0 unspecified atom stereocenters. The molecule has 2 rings (SSSR count). The number of ether oxygens (including phenoxy) is 1. The Hall–Kier alpha value is -2.40. The summed E-state index contributed by atoms with van der Waals surface area (Å²) in [5.74, 6) is -0.351. The van der Waals surface area contributed by atoms with Crippen LogP contribution in [0.5, 0.6) is 5.75 Å². The summed E-state index contributed by atoms with van der Waals surface area (Å²) in [5.41, 5.74) is 1.10. The molecule has 2 aromatic carbocycles. The Morgan fingerprint density at radius 1 is 1.19 bits per heavy atom. The van der Waals surface area contributed by atoms with Crippen LogP contribution in [0.25, 0.3) is 0 Å². The predicted octanol–water partition coefficient (Wildman–Crippen LogP) is 4.20. The van der Waals surface area contributed by atoms with E-state index in [1.54, 1.807) is 19.1 Å². The van der Waals surface area contributed by atoms with E-state index in [0.717, 1.165) is 12.0 Å². The normalized spacial score (nSPS) is 14.3. The van der Waals surface area contributed by atoms with Crippen molar-refractivity contribution in [2.75, 3.05) is 13.2 Å². The van der Waals surface area contributed by atoms with Gasteiger partial charge in [-0.05, 0) is 24.5 Å². The number of hydrogen-bond donors (Lipinski definition) is 2. The second-order valence-electron chi connectivity index (χ2n) is 6.88. The third-order valence-electron chi connectivity index (χ3n) is 4.77. The van der Waals surface area contributed by atoms with E-state index < -0.39 is 24.4 Å². The molecule has 4 nitrogen and oxygen atoms in total. The van der Waals surface area contributed by atoms with Crippen LogP contribution in [0.15, 0.2) is 48.5 Å². The Morgan fingerprint density at radius 2 is 1.89 bits per heavy atom. The maximum absolute atomic E-state index is 14.5. The summed E-state index contributed by atoms with van der Waals surface area (Å²) < 4.78 is 20.1. The van der Waals surface area contributed by atoms with Crippen LogP contribution in [0.4, 0.5) is 4.39 Å². The molecule has 1 amide bonds. The third-order valence-corrected chi connectivity index (χ3v) is 4.77. The van der Waals surface area contributed by atoms with Crippen LogP contribution in [0, 0.1) is 11.7 Å². The number of carbonyl (C=O) groups is 1. The molecular formula is C22H28FNO3. The highest BCUT2D eigenvalue weighted by Gasteiger charge is 2.22. The second kappa shape index (κ2) is 10.1. The Balaban J connectivity index is 2.07. The molecule has 0 radical (unpaired) electrons. The van der Waals surface area contributed by atoms with Gasteiger partial charge in [-0.25, -0.2) is 4.39 Å². The van der Waals surface area contributed by atoms with Crippen molar-refractivity contribution in [2.24, 2.45) is 5.92 Å². The van der Waals surface area contributed by atoms with Gasteiger partial charge in [0.05, 0.1) is 25.2 Å². The highest BCUT2D eigenvalue weighted by Crippen LogP contribution is 2.24. The van der Waals surface area contributed by atoms with Crippen molar-refractivity contribution in [1.82, 2.24) is 5.32 Å². The monoisotopic (exact) mass is 373 g/mol. The van der Waals surface area contributed by atoms with E-state index in [9.17, 15) is 14.3 Å². The lowest BCUT2D eigenvalue weighted by Crippen LogP contribution is -2.34. The van der Waals surface area contributed by atoms with E-state index in [0.29, 0.717) is 18.3 Å². The standard InChI is InChI=1S/C22H28FNO3/c1-4-15(2)14-27-18-10-11-19(20(23)12-18)21(13-25)24-22(26)16(3)17-8-6-5-7-9-17/h5-12,15-16,21,25H,4,13-14H2,1-3H3,(H,24,26)/t15-,16-,21-/m0/s1. The molecule has 0 aliphatic carbocycles. The largest absolute Gasteiger partial charge is 0.493 e. The minimum absolute atomic E-state index is 0.238. The molecule has 0 heterocycles. The van der Waals surface area contributed by atoms with Crippen LogP contribution in [0.2, 0.25) is 0 Å². The summed E-state index contributed by atoms with van der Waals surface area (Å²) in [4.78, 5) is 12.5. The molecular weight excluding hydrogens is 345 g/mol. The van der Waals surface area contributed by atoms with E-state index in [1.807, 2.05) is 30.3 Å². The lowest BCUT2D eigenvalue weighted by Gasteiger charge is -2.21. The summed E-state index contributed by atoms with van der Waals surface area (Å²) >= 11 is 0. The molecule has 0 aromatic heterocycles. The van der Waals surface area contributed by atoms with Crippen molar-refractivity contribution in [3.8, 4) is 5.75 Å². The first-order chi connectivity index (χ1) is 13.0. The van der Waals surface area contributed by atoms with Gasteiger partial charge in [0.2, 0.25) is 5.91 Å². The average Bonchev–Trinajstić information content (AvgIpc) is 2.70. The van der Waals surface area contributed by atoms with Crippen LogP contribution in [-0.4, -0.2) is 24.2 Å². The van der Waals surface area contributed by atoms with Gasteiger partial charge in [0.25, 0.3) is 0 Å². The number of halogens is 1. The molecule has 2 N–H and O–H groups in total. The third kappa shape index (κ3) is 5.79. The summed E-state index contributed by atoms with van der Waals surface area (Å²) in [5, 5.41) is 12.4. The van der Waals surface area contributed by atoms with E-state index in [-0.39, 0.29) is 11.5 Å². The Labute approximate surface area is 160 Å². The second-order valence-corrected chi connectivity index (χ2v) is 6.88. The number of aliphatic hydroxyl groups is 1. The fraction of sp³-hybridized carbons (Fsp3) is 0.409. The van der Waals surface area contributed by atoms with Crippen LogP contribution in [0.3, 0.4) is 0 Å². The quantitative estimate of drug-likeness (QED) is 0.692. The summed E-state index contributed by atoms with van der Waals surface area (Å²) in [6.07, 6.45) is 0.985. The maximum atomic E-state index is 14.5. The highest BCUT2D eigenvalue weighted by molar-refractivity contribution is 5.83. The van der Waals surface area contributed by atoms with Gasteiger partial charge in [0, 0.05) is 11.6 Å². The van der Waals surface area contributed by atoms with Crippen molar-refractivity contribution >= 4 is 5.91 Å². The first kappa shape index (κ1) is 20.9. The molecule has 0 fully saturated rings. The molecule has 0 saturated heterocycles. The first-order valence-corrected chi connectivity index (χ1v) is 9.34. The molecule has 0 saturated carbocycles. The summed E-state index contributed by atoms with van der Waals surface area (Å²) in [6.45, 7) is 6.04. The fourth-order valence-corrected chi connectivity index (χ4v) is 2.65. The summed E-state index contributed by atoms with van der Waals surface area (Å²) in [7, 11) is 0. The topological polar surface area (TPSA) is 58.6 Å². The molecule has 5 heteroatoms. The van der Waals surface area contributed by atoms with Crippen LogP contribution in [0.1, 0.15) is 50.3 Å². The van der Waals surface area contributed by atoms with Crippen molar-refractivity contribution in [3.63, 3.8) is 0 Å². The van der Waals surface area contributed by atoms with Gasteiger partial charge in [-0.15, -0.1) is 0 Å². The van der Waals surface area contributed by atoms with Gasteiger partial charge < -0.3 is 15.2 Å². The molecule has 27 heavy (non-hydrogen) atoms. The number of hydrogen-bond acceptors (Lipinski definition) is 3. The molecule has 0 aliphatic heterocycles. The lowest BCUT2D eigenvalue weighted by molar-refractivity contribution is -0.123. The number of nitrogens with one attached hydrogen (secondary N) is 1. The van der Waals surface area contributed by atoms with Gasteiger partial charge in [-0.1, -0.05) is 56.7 Å². The first-order valence-electron chi connectivity index (χ1n) is 9.34. The SMILES string of the molecule is CC[C@H](C)COc1ccc([C@H](CO)NC(=O)[C@@H](C)c2ccccc2)c(F)c1. The molecule has 146 valence electrons. The zero-order valence-electron chi connectivity index (χ0n) is 16.1. The van der Waals surface area contributed by atoms with Gasteiger partial charge in [-0.3, -0.25) is 4.79 Å². The number of carbonyl (C=O) groups excluding carboxylic acids is 1. The molecule has 2 aromatic rings. The fourth-order valence-electron chi connectivity index (χ4n) is 2.65. The van der Waals surface area contributed by atoms with E-state index >= 15 is 0 Å². The number of aliphatic hydroxyl groups excluding tert-OH is 1. The van der Waals surface area contributed by atoms with Gasteiger partial charge in [0.1, 0.15) is 11.6 Å². The van der Waals surface area contributed by atoms with E-state index in [1.165, 1.54) is 6.07 Å². The van der Waals surface area contributed by atoms with Crippen molar-refractivity contribution < 1.29 is 19.0 Å². The van der Waals surface area contributed by atoms with E-state index in [4.69, 9.17) is 4.74 Å². The van der Waals surface area contributed by atoms with Crippen molar-refractivity contribution in [3.05, 3.63) is 65.5 Å². The Bertz CT molecular complexity index is 736. The molecule has 3 atom stereocenters.